The smallest absolute Gasteiger partial charge is 0.225 e. The molecule has 0 amide bonds. The molecule has 0 aliphatic rings. The number of anilines is 1. The molecule has 0 atom stereocenters. The lowest BCUT2D eigenvalue weighted by atomic mass is 9.96. The SMILES string of the molecule is CN(CC(C)(C)C)c1ncc(CBr)cn1. The molecule has 0 spiro atoms. The summed E-state index contributed by atoms with van der Waals surface area (Å²) < 4.78 is 0. The van der Waals surface area contributed by atoms with Crippen LogP contribution in [0.5, 0.6) is 0 Å². The van der Waals surface area contributed by atoms with Crippen LogP contribution in [0.15, 0.2) is 12.4 Å². The molecule has 0 unspecified atom stereocenters. The highest BCUT2D eigenvalue weighted by Crippen LogP contribution is 2.17. The number of hydrogen-bond acceptors (Lipinski definition) is 3. The van der Waals surface area contributed by atoms with Gasteiger partial charge in [0, 0.05) is 31.3 Å². The first kappa shape index (κ1) is 12.4. The van der Waals surface area contributed by atoms with Gasteiger partial charge in [-0.05, 0) is 11.0 Å². The van der Waals surface area contributed by atoms with Crippen LogP contribution >= 0.6 is 15.9 Å². The maximum absolute atomic E-state index is 4.32. The van der Waals surface area contributed by atoms with Gasteiger partial charge in [-0.3, -0.25) is 0 Å². The molecule has 0 fully saturated rings. The predicted molar refractivity (Wildman–Crippen MR) is 67.4 cm³/mol. The third-order valence-electron chi connectivity index (χ3n) is 1.90. The Morgan fingerprint density at radius 1 is 1.27 bits per heavy atom. The summed E-state index contributed by atoms with van der Waals surface area (Å²) in [4.78, 5) is 10.7. The van der Waals surface area contributed by atoms with E-state index >= 15 is 0 Å². The Kier molecular flexibility index (Phi) is 4.08. The second kappa shape index (κ2) is 4.92. The molecular formula is C11H18BrN3. The fraction of sp³-hybridized carbons (Fsp3) is 0.636. The van der Waals surface area contributed by atoms with Crippen LogP contribution in [0.2, 0.25) is 0 Å². The summed E-state index contributed by atoms with van der Waals surface area (Å²) in [5.74, 6) is 0.787. The molecule has 1 aromatic heterocycles. The monoisotopic (exact) mass is 271 g/mol. The highest BCUT2D eigenvalue weighted by molar-refractivity contribution is 9.08. The van der Waals surface area contributed by atoms with E-state index in [0.29, 0.717) is 0 Å². The van der Waals surface area contributed by atoms with Gasteiger partial charge in [-0.25, -0.2) is 9.97 Å². The summed E-state index contributed by atoms with van der Waals surface area (Å²) in [5.41, 5.74) is 1.36. The van der Waals surface area contributed by atoms with Gasteiger partial charge < -0.3 is 4.90 Å². The molecule has 1 rings (SSSR count). The van der Waals surface area contributed by atoms with Crippen LogP contribution in [0.25, 0.3) is 0 Å². The molecule has 0 N–H and O–H groups in total. The van der Waals surface area contributed by atoms with E-state index in [-0.39, 0.29) is 5.41 Å². The normalized spacial score (nSPS) is 11.5. The Morgan fingerprint density at radius 2 is 1.80 bits per heavy atom. The molecule has 1 heterocycles. The van der Waals surface area contributed by atoms with Crippen molar-refractivity contribution in [1.82, 2.24) is 9.97 Å². The van der Waals surface area contributed by atoms with Crippen molar-refractivity contribution < 1.29 is 0 Å². The van der Waals surface area contributed by atoms with Crippen molar-refractivity contribution in [2.24, 2.45) is 5.41 Å². The summed E-state index contributed by atoms with van der Waals surface area (Å²) >= 11 is 3.37. The average Bonchev–Trinajstić information content (AvgIpc) is 2.15. The van der Waals surface area contributed by atoms with Gasteiger partial charge in [0.05, 0.1) is 0 Å². The molecule has 0 saturated heterocycles. The van der Waals surface area contributed by atoms with Crippen LogP contribution in [0.1, 0.15) is 26.3 Å². The van der Waals surface area contributed by atoms with E-state index in [1.165, 1.54) is 0 Å². The average molecular weight is 272 g/mol. The molecular weight excluding hydrogens is 254 g/mol. The standard InChI is InChI=1S/C11H18BrN3/c1-11(2,3)8-15(4)10-13-6-9(5-12)7-14-10/h6-7H,5,8H2,1-4H3. The van der Waals surface area contributed by atoms with Crippen LogP contribution in [-0.4, -0.2) is 23.6 Å². The van der Waals surface area contributed by atoms with Gasteiger partial charge in [0.25, 0.3) is 0 Å². The maximum Gasteiger partial charge on any atom is 0.225 e. The highest BCUT2D eigenvalue weighted by atomic mass is 79.9. The minimum absolute atomic E-state index is 0.256. The first-order valence-corrected chi connectivity index (χ1v) is 6.12. The predicted octanol–water partition coefficient (Wildman–Crippen LogP) is 2.85. The van der Waals surface area contributed by atoms with E-state index < -0.39 is 0 Å². The summed E-state index contributed by atoms with van der Waals surface area (Å²) in [6, 6.07) is 0. The summed E-state index contributed by atoms with van der Waals surface area (Å²) in [6.07, 6.45) is 3.71. The summed E-state index contributed by atoms with van der Waals surface area (Å²) in [7, 11) is 2.02. The Labute approximate surface area is 100 Å². The Hall–Kier alpha value is -0.640. The van der Waals surface area contributed by atoms with E-state index in [4.69, 9.17) is 0 Å². The van der Waals surface area contributed by atoms with E-state index in [2.05, 4.69) is 51.6 Å². The third kappa shape index (κ3) is 4.16. The third-order valence-corrected chi connectivity index (χ3v) is 2.55. The molecule has 84 valence electrons. The van der Waals surface area contributed by atoms with Crippen molar-refractivity contribution in [2.75, 3.05) is 18.5 Å². The Morgan fingerprint density at radius 3 is 2.20 bits per heavy atom. The zero-order valence-electron chi connectivity index (χ0n) is 9.79. The van der Waals surface area contributed by atoms with Gasteiger partial charge in [0.2, 0.25) is 5.95 Å². The van der Waals surface area contributed by atoms with Gasteiger partial charge in [-0.1, -0.05) is 36.7 Å². The van der Waals surface area contributed by atoms with Crippen molar-refractivity contribution in [3.05, 3.63) is 18.0 Å². The molecule has 1 aromatic rings. The first-order chi connectivity index (χ1) is 6.92. The van der Waals surface area contributed by atoms with Gasteiger partial charge in [-0.15, -0.1) is 0 Å². The van der Waals surface area contributed by atoms with Crippen molar-refractivity contribution in [2.45, 2.75) is 26.1 Å². The number of alkyl halides is 1. The van der Waals surface area contributed by atoms with Crippen LogP contribution < -0.4 is 4.90 Å². The molecule has 15 heavy (non-hydrogen) atoms. The molecule has 0 saturated carbocycles. The largest absolute Gasteiger partial charge is 0.343 e. The molecule has 4 heteroatoms. The Balaban J connectivity index is 2.70. The van der Waals surface area contributed by atoms with Crippen LogP contribution in [0, 0.1) is 5.41 Å². The van der Waals surface area contributed by atoms with E-state index in [0.717, 1.165) is 23.4 Å². The van der Waals surface area contributed by atoms with E-state index in [9.17, 15) is 0 Å². The minimum atomic E-state index is 0.256. The van der Waals surface area contributed by atoms with Crippen molar-refractivity contribution in [1.29, 1.82) is 0 Å². The topological polar surface area (TPSA) is 29.0 Å². The number of aromatic nitrogens is 2. The second-order valence-corrected chi connectivity index (χ2v) is 5.50. The molecule has 0 bridgehead atoms. The zero-order valence-corrected chi connectivity index (χ0v) is 11.4. The number of nitrogens with zero attached hydrogens (tertiary/aromatic N) is 3. The number of rotatable bonds is 3. The quantitative estimate of drug-likeness (QED) is 0.792. The lowest BCUT2D eigenvalue weighted by Crippen LogP contribution is -2.30. The van der Waals surface area contributed by atoms with E-state index in [1.807, 2.05) is 19.4 Å². The van der Waals surface area contributed by atoms with Crippen LogP contribution in [-0.2, 0) is 5.33 Å². The van der Waals surface area contributed by atoms with Gasteiger partial charge in [0.1, 0.15) is 0 Å². The number of halogens is 1. The maximum atomic E-state index is 4.32. The summed E-state index contributed by atoms with van der Waals surface area (Å²) in [5, 5.41) is 0.802. The van der Waals surface area contributed by atoms with Crippen molar-refractivity contribution in [3.8, 4) is 0 Å². The van der Waals surface area contributed by atoms with Gasteiger partial charge in [-0.2, -0.15) is 0 Å². The zero-order chi connectivity index (χ0) is 11.5. The summed E-state index contributed by atoms with van der Waals surface area (Å²) in [6.45, 7) is 7.56. The molecule has 0 aliphatic heterocycles. The lowest BCUT2D eigenvalue weighted by Gasteiger charge is -2.26. The molecule has 0 aliphatic carbocycles. The molecule has 3 nitrogen and oxygen atoms in total. The minimum Gasteiger partial charge on any atom is -0.343 e. The lowest BCUT2D eigenvalue weighted by molar-refractivity contribution is 0.416. The first-order valence-electron chi connectivity index (χ1n) is 5.00. The van der Waals surface area contributed by atoms with Crippen LogP contribution in [0.4, 0.5) is 5.95 Å². The second-order valence-electron chi connectivity index (χ2n) is 4.94. The van der Waals surface area contributed by atoms with E-state index in [1.54, 1.807) is 0 Å². The van der Waals surface area contributed by atoms with Crippen molar-refractivity contribution in [3.63, 3.8) is 0 Å². The molecule has 0 aromatic carbocycles. The Bertz CT molecular complexity index is 303. The van der Waals surface area contributed by atoms with Crippen molar-refractivity contribution >= 4 is 21.9 Å². The molecule has 0 radical (unpaired) electrons. The number of hydrogen-bond donors (Lipinski definition) is 0. The van der Waals surface area contributed by atoms with Crippen LogP contribution in [0.3, 0.4) is 0 Å². The fourth-order valence-electron chi connectivity index (χ4n) is 1.40. The van der Waals surface area contributed by atoms with Gasteiger partial charge in [0.15, 0.2) is 0 Å². The van der Waals surface area contributed by atoms with Gasteiger partial charge >= 0.3 is 0 Å². The fourth-order valence-corrected chi connectivity index (χ4v) is 1.69. The highest BCUT2D eigenvalue weighted by Gasteiger charge is 2.15.